The molecule has 4 atom stereocenters. The SMILES string of the molecule is CN(C)c1cc(NC(=O)CNC(C)(C)C)c(O)c2c1CC1CC3C(N(C)C)C(O)=C(C(N)=O)C(=O)[C@@]3(O)C(O)=C1C2=O. The molecule has 228 valence electrons. The number of aliphatic hydroxyl groups is 3. The highest BCUT2D eigenvalue weighted by Crippen LogP contribution is 2.53. The molecule has 0 saturated carbocycles. The van der Waals surface area contributed by atoms with Crippen LogP contribution in [-0.4, -0.2) is 101 Å². The first kappa shape index (κ1) is 31.0. The summed E-state index contributed by atoms with van der Waals surface area (Å²) in [6.07, 6.45) is 0.117. The fourth-order valence-electron chi connectivity index (χ4n) is 6.33. The van der Waals surface area contributed by atoms with E-state index in [2.05, 4.69) is 10.6 Å². The third kappa shape index (κ3) is 4.80. The predicted octanol–water partition coefficient (Wildman–Crippen LogP) is 0.513. The summed E-state index contributed by atoms with van der Waals surface area (Å²) < 4.78 is 0. The number of likely N-dealkylation sites (N-methyl/N-ethyl adjacent to an activating group) is 1. The summed E-state index contributed by atoms with van der Waals surface area (Å²) in [5.41, 5.74) is 1.96. The predicted molar refractivity (Wildman–Crippen MR) is 154 cm³/mol. The maximum atomic E-state index is 14.1. The van der Waals surface area contributed by atoms with E-state index in [1.54, 1.807) is 39.2 Å². The number of hydrogen-bond acceptors (Lipinski definition) is 11. The van der Waals surface area contributed by atoms with Crippen LogP contribution in [0.15, 0.2) is 28.7 Å². The van der Waals surface area contributed by atoms with Crippen molar-refractivity contribution in [3.05, 3.63) is 39.9 Å². The first-order chi connectivity index (χ1) is 19.3. The Kier molecular flexibility index (Phi) is 7.68. The molecule has 1 aromatic rings. The molecule has 13 nitrogen and oxygen atoms in total. The van der Waals surface area contributed by atoms with Gasteiger partial charge in [0.2, 0.25) is 11.7 Å². The van der Waals surface area contributed by atoms with Crippen molar-refractivity contribution < 1.29 is 39.6 Å². The van der Waals surface area contributed by atoms with Gasteiger partial charge in [-0.15, -0.1) is 0 Å². The van der Waals surface area contributed by atoms with Crippen LogP contribution < -0.4 is 21.3 Å². The van der Waals surface area contributed by atoms with Gasteiger partial charge in [-0.05, 0) is 65.3 Å². The average molecular weight is 586 g/mol. The highest BCUT2D eigenvalue weighted by atomic mass is 16.3. The molecular formula is C29H39N5O8. The minimum Gasteiger partial charge on any atom is -0.510 e. The number of benzene rings is 1. The zero-order chi connectivity index (χ0) is 31.6. The lowest BCUT2D eigenvalue weighted by atomic mass is 9.58. The second-order valence-electron chi connectivity index (χ2n) is 12.7. The molecule has 3 aliphatic rings. The number of allylic oxidation sites excluding steroid dienone is 1. The van der Waals surface area contributed by atoms with Crippen molar-refractivity contribution in [1.29, 1.82) is 0 Å². The second-order valence-corrected chi connectivity index (χ2v) is 12.7. The van der Waals surface area contributed by atoms with Crippen LogP contribution in [0.1, 0.15) is 43.1 Å². The van der Waals surface area contributed by atoms with Gasteiger partial charge in [0.15, 0.2) is 17.1 Å². The Morgan fingerprint density at radius 2 is 1.74 bits per heavy atom. The van der Waals surface area contributed by atoms with Crippen LogP contribution in [-0.2, 0) is 20.8 Å². The number of rotatable bonds is 6. The molecule has 0 radical (unpaired) electrons. The highest BCUT2D eigenvalue weighted by molar-refractivity contribution is 6.25. The van der Waals surface area contributed by atoms with Gasteiger partial charge in [-0.3, -0.25) is 24.1 Å². The van der Waals surface area contributed by atoms with E-state index in [9.17, 15) is 39.6 Å². The van der Waals surface area contributed by atoms with E-state index >= 15 is 0 Å². The van der Waals surface area contributed by atoms with Crippen LogP contribution in [0.4, 0.5) is 11.4 Å². The summed E-state index contributed by atoms with van der Waals surface area (Å²) in [4.78, 5) is 55.6. The summed E-state index contributed by atoms with van der Waals surface area (Å²) in [5, 5.41) is 51.1. The van der Waals surface area contributed by atoms with Crippen molar-refractivity contribution >= 4 is 34.8 Å². The number of aromatic hydroxyl groups is 1. The molecule has 0 bridgehead atoms. The lowest BCUT2D eigenvalue weighted by Crippen LogP contribution is -2.63. The van der Waals surface area contributed by atoms with E-state index in [-0.39, 0.29) is 41.7 Å². The number of primary amides is 1. The number of nitrogens with zero attached hydrogens (tertiary/aromatic N) is 2. The average Bonchev–Trinajstić information content (AvgIpc) is 2.85. The molecule has 0 heterocycles. The number of fused-ring (bicyclic) bond motifs is 3. The number of phenols is 1. The van der Waals surface area contributed by atoms with Crippen LogP contribution in [0.3, 0.4) is 0 Å². The Morgan fingerprint density at radius 3 is 2.26 bits per heavy atom. The number of carbonyl (C=O) groups is 4. The number of amides is 2. The van der Waals surface area contributed by atoms with Crippen LogP contribution in [0, 0.1) is 11.8 Å². The lowest BCUT2D eigenvalue weighted by molar-refractivity contribution is -0.148. The molecule has 0 aromatic heterocycles. The molecular weight excluding hydrogens is 546 g/mol. The molecule has 1 aromatic carbocycles. The molecule has 0 spiro atoms. The van der Waals surface area contributed by atoms with Crippen molar-refractivity contribution in [1.82, 2.24) is 10.2 Å². The van der Waals surface area contributed by atoms with E-state index in [0.717, 1.165) is 0 Å². The second kappa shape index (κ2) is 10.4. The van der Waals surface area contributed by atoms with Gasteiger partial charge in [0.05, 0.1) is 23.8 Å². The summed E-state index contributed by atoms with van der Waals surface area (Å²) in [7, 11) is 6.62. The van der Waals surface area contributed by atoms with Gasteiger partial charge in [-0.25, -0.2) is 0 Å². The Hall–Kier alpha value is -3.94. The van der Waals surface area contributed by atoms with E-state index < -0.39 is 69.7 Å². The largest absolute Gasteiger partial charge is 0.510 e. The molecule has 0 saturated heterocycles. The number of aliphatic hydroxyl groups excluding tert-OH is 2. The number of nitrogens with one attached hydrogen (secondary N) is 2. The van der Waals surface area contributed by atoms with E-state index in [1.807, 2.05) is 20.8 Å². The number of ketones is 2. The summed E-state index contributed by atoms with van der Waals surface area (Å²) in [6.45, 7) is 5.60. The van der Waals surface area contributed by atoms with Gasteiger partial charge in [0.25, 0.3) is 5.91 Å². The number of phenolic OH excluding ortho intramolecular Hbond substituents is 1. The fraction of sp³-hybridized carbons (Fsp3) is 0.517. The smallest absolute Gasteiger partial charge is 0.255 e. The third-order valence-electron chi connectivity index (χ3n) is 8.23. The maximum Gasteiger partial charge on any atom is 0.255 e. The zero-order valence-electron chi connectivity index (χ0n) is 24.8. The van der Waals surface area contributed by atoms with Crippen molar-refractivity contribution in [2.45, 2.75) is 50.8 Å². The Labute approximate surface area is 243 Å². The van der Waals surface area contributed by atoms with Gasteiger partial charge >= 0.3 is 0 Å². The molecule has 13 heteroatoms. The number of hydrogen-bond donors (Lipinski definition) is 7. The van der Waals surface area contributed by atoms with Gasteiger partial charge in [-0.2, -0.15) is 0 Å². The van der Waals surface area contributed by atoms with Crippen LogP contribution >= 0.6 is 0 Å². The summed E-state index contributed by atoms with van der Waals surface area (Å²) >= 11 is 0. The fourth-order valence-corrected chi connectivity index (χ4v) is 6.33. The van der Waals surface area contributed by atoms with E-state index in [4.69, 9.17) is 5.73 Å². The Morgan fingerprint density at radius 1 is 1.12 bits per heavy atom. The first-order valence-electron chi connectivity index (χ1n) is 13.6. The maximum absolute atomic E-state index is 14.1. The van der Waals surface area contributed by atoms with Crippen molar-refractivity contribution in [2.24, 2.45) is 17.6 Å². The minimum atomic E-state index is -2.73. The van der Waals surface area contributed by atoms with Crippen LogP contribution in [0.25, 0.3) is 0 Å². The molecule has 0 fully saturated rings. The Bertz CT molecular complexity index is 1450. The normalized spacial score (nSPS) is 25.7. The molecule has 3 aliphatic carbocycles. The van der Waals surface area contributed by atoms with Crippen LogP contribution in [0.5, 0.6) is 5.75 Å². The lowest BCUT2D eigenvalue weighted by Gasteiger charge is -2.50. The standard InChI is InChI=1S/C29H39N5O8/c1-28(2,3)31-11-17(35)32-15-10-16(33(4)5)13-8-12-9-14-21(34(6)7)24(38)20(27(30)41)26(40)29(14,42)25(39)18(12)23(37)19(13)22(15)36/h10,12,14,21,31,36,38-39,42H,8-9,11H2,1-7H3,(H2,30,41)(H,32,35)/t12?,14?,21?,29-/m0/s1. The van der Waals surface area contributed by atoms with Crippen molar-refractivity contribution in [3.63, 3.8) is 0 Å². The first-order valence-corrected chi connectivity index (χ1v) is 13.6. The van der Waals surface area contributed by atoms with Gasteiger partial charge in [0, 0.05) is 36.8 Å². The number of Topliss-reactive ketones (excluding diaryl/α,β-unsaturated/α-hetero) is 2. The van der Waals surface area contributed by atoms with Gasteiger partial charge in [0.1, 0.15) is 17.1 Å². The highest BCUT2D eigenvalue weighted by Gasteiger charge is 2.63. The van der Waals surface area contributed by atoms with Gasteiger partial charge in [-0.1, -0.05) is 0 Å². The molecule has 0 aliphatic heterocycles. The number of anilines is 2. The van der Waals surface area contributed by atoms with Crippen molar-refractivity contribution in [2.75, 3.05) is 45.0 Å². The van der Waals surface area contributed by atoms with Crippen LogP contribution in [0.2, 0.25) is 0 Å². The number of carbonyl (C=O) groups excluding carboxylic acids is 4. The zero-order valence-corrected chi connectivity index (χ0v) is 24.8. The third-order valence-corrected chi connectivity index (χ3v) is 8.23. The van der Waals surface area contributed by atoms with E-state index in [1.165, 1.54) is 4.90 Å². The van der Waals surface area contributed by atoms with E-state index in [0.29, 0.717) is 11.3 Å². The van der Waals surface area contributed by atoms with Crippen molar-refractivity contribution in [3.8, 4) is 5.75 Å². The minimum absolute atomic E-state index is 0.0175. The molecule has 2 amide bonds. The molecule has 3 unspecified atom stereocenters. The van der Waals surface area contributed by atoms with Gasteiger partial charge < -0.3 is 41.7 Å². The monoisotopic (exact) mass is 585 g/mol. The molecule has 42 heavy (non-hydrogen) atoms. The molecule has 8 N–H and O–H groups in total. The topological polar surface area (TPSA) is 206 Å². The molecule has 4 rings (SSSR count). The summed E-state index contributed by atoms with van der Waals surface area (Å²) in [5.74, 6) is -7.79. The Balaban J connectivity index is 1.87. The summed E-state index contributed by atoms with van der Waals surface area (Å²) in [6, 6.07) is 0.487. The number of nitrogens with two attached hydrogens (primary N) is 1. The quantitative estimate of drug-likeness (QED) is 0.181.